The molecule has 82 valence electrons. The fourth-order valence-corrected chi connectivity index (χ4v) is 1.69. The first-order chi connectivity index (χ1) is 7.63. The Balaban J connectivity index is 2.71. The number of H-pyrrole nitrogens is 1. The van der Waals surface area contributed by atoms with Crippen LogP contribution >= 0.6 is 0 Å². The number of aromatic amines is 1. The number of hydrogen-bond acceptors (Lipinski definition) is 3. The van der Waals surface area contributed by atoms with Crippen LogP contribution in [0.15, 0.2) is 24.4 Å². The summed E-state index contributed by atoms with van der Waals surface area (Å²) in [6, 6.07) is 5.05. The van der Waals surface area contributed by atoms with Crippen LogP contribution in [0, 0.1) is 0 Å². The molecule has 0 spiro atoms. The molecule has 0 unspecified atom stereocenters. The van der Waals surface area contributed by atoms with Gasteiger partial charge in [0.2, 0.25) is 0 Å². The maximum absolute atomic E-state index is 11.5. The molecule has 0 amide bonds. The van der Waals surface area contributed by atoms with E-state index < -0.39 is 5.97 Å². The van der Waals surface area contributed by atoms with E-state index in [4.69, 9.17) is 0 Å². The molecule has 0 atom stereocenters. The number of aromatic nitrogens is 1. The van der Waals surface area contributed by atoms with E-state index in [2.05, 4.69) is 9.72 Å². The monoisotopic (exact) mass is 217 g/mol. The Morgan fingerprint density at radius 2 is 2.06 bits per heavy atom. The van der Waals surface area contributed by atoms with Gasteiger partial charge in [-0.05, 0) is 25.1 Å². The molecule has 0 fully saturated rings. The minimum Gasteiger partial charge on any atom is -0.465 e. The molecule has 1 N–H and O–H groups in total. The van der Waals surface area contributed by atoms with Crippen molar-refractivity contribution >= 4 is 22.7 Å². The molecule has 0 bridgehead atoms. The van der Waals surface area contributed by atoms with Crippen LogP contribution in [0.4, 0.5) is 0 Å². The van der Waals surface area contributed by atoms with Crippen LogP contribution in [0.3, 0.4) is 0 Å². The number of carbonyl (C=O) groups is 2. The molecular weight excluding hydrogens is 206 g/mol. The second kappa shape index (κ2) is 3.81. The van der Waals surface area contributed by atoms with E-state index in [0.717, 1.165) is 10.9 Å². The first-order valence-corrected chi connectivity index (χ1v) is 4.84. The van der Waals surface area contributed by atoms with Crippen molar-refractivity contribution in [3.63, 3.8) is 0 Å². The molecule has 0 radical (unpaired) electrons. The van der Waals surface area contributed by atoms with Crippen LogP contribution in [0.1, 0.15) is 27.6 Å². The third-order valence-electron chi connectivity index (χ3n) is 2.47. The Morgan fingerprint density at radius 3 is 2.69 bits per heavy atom. The number of nitrogens with one attached hydrogen (secondary N) is 1. The summed E-state index contributed by atoms with van der Waals surface area (Å²) in [5.41, 5.74) is 1.66. The van der Waals surface area contributed by atoms with Crippen molar-refractivity contribution in [2.45, 2.75) is 6.92 Å². The minimum absolute atomic E-state index is 0.0737. The third kappa shape index (κ3) is 1.58. The molecule has 1 aromatic heterocycles. The number of carbonyl (C=O) groups excluding carboxylic acids is 2. The third-order valence-corrected chi connectivity index (χ3v) is 2.47. The Kier molecular flexibility index (Phi) is 2.48. The molecule has 4 heteroatoms. The number of rotatable bonds is 2. The van der Waals surface area contributed by atoms with Crippen LogP contribution in [-0.4, -0.2) is 23.8 Å². The van der Waals surface area contributed by atoms with Crippen LogP contribution in [0.25, 0.3) is 10.9 Å². The molecule has 2 aromatic rings. The van der Waals surface area contributed by atoms with Gasteiger partial charge < -0.3 is 9.72 Å². The van der Waals surface area contributed by atoms with Gasteiger partial charge in [-0.2, -0.15) is 0 Å². The normalized spacial score (nSPS) is 10.4. The molecular formula is C12H11NO3. The zero-order valence-corrected chi connectivity index (χ0v) is 9.03. The summed E-state index contributed by atoms with van der Waals surface area (Å²) >= 11 is 0. The predicted octanol–water partition coefficient (Wildman–Crippen LogP) is 2.16. The number of ether oxygens (including phenoxy) is 1. The SMILES string of the molecule is COC(=O)c1cc(C(C)=O)c2cc[nH]c2c1. The molecule has 0 aliphatic carbocycles. The predicted molar refractivity (Wildman–Crippen MR) is 59.6 cm³/mol. The standard InChI is InChI=1S/C12H11NO3/c1-7(14)10-5-8(12(15)16-2)6-11-9(10)3-4-13-11/h3-6,13H,1-2H3. The Labute approximate surface area is 92.2 Å². The van der Waals surface area contributed by atoms with Gasteiger partial charge in [-0.1, -0.05) is 0 Å². The van der Waals surface area contributed by atoms with Crippen LogP contribution in [0.5, 0.6) is 0 Å². The zero-order valence-electron chi connectivity index (χ0n) is 9.03. The van der Waals surface area contributed by atoms with Gasteiger partial charge in [0.25, 0.3) is 0 Å². The van der Waals surface area contributed by atoms with Gasteiger partial charge in [-0.3, -0.25) is 4.79 Å². The van der Waals surface area contributed by atoms with E-state index in [-0.39, 0.29) is 5.78 Å². The quantitative estimate of drug-likeness (QED) is 0.619. The number of methoxy groups -OCH3 is 1. The van der Waals surface area contributed by atoms with Gasteiger partial charge in [0.1, 0.15) is 0 Å². The highest BCUT2D eigenvalue weighted by Gasteiger charge is 2.13. The second-order valence-corrected chi connectivity index (χ2v) is 3.51. The highest BCUT2D eigenvalue weighted by Crippen LogP contribution is 2.21. The van der Waals surface area contributed by atoms with Gasteiger partial charge in [0, 0.05) is 22.7 Å². The fourth-order valence-electron chi connectivity index (χ4n) is 1.69. The summed E-state index contributed by atoms with van der Waals surface area (Å²) in [6.45, 7) is 1.48. The number of benzene rings is 1. The molecule has 0 saturated carbocycles. The van der Waals surface area contributed by atoms with Crippen molar-refractivity contribution < 1.29 is 14.3 Å². The molecule has 1 aromatic carbocycles. The van der Waals surface area contributed by atoms with Gasteiger partial charge in [0.05, 0.1) is 12.7 Å². The van der Waals surface area contributed by atoms with Crippen LogP contribution in [-0.2, 0) is 4.74 Å². The van der Waals surface area contributed by atoms with Crippen LogP contribution in [0.2, 0.25) is 0 Å². The minimum atomic E-state index is -0.445. The average molecular weight is 217 g/mol. The summed E-state index contributed by atoms with van der Waals surface area (Å²) in [4.78, 5) is 25.8. The van der Waals surface area contributed by atoms with Gasteiger partial charge >= 0.3 is 5.97 Å². The number of Topliss-reactive ketones (excluding diaryl/α,β-unsaturated/α-hetero) is 1. The van der Waals surface area contributed by atoms with E-state index >= 15 is 0 Å². The smallest absolute Gasteiger partial charge is 0.337 e. The van der Waals surface area contributed by atoms with Crippen molar-refractivity contribution in [2.75, 3.05) is 7.11 Å². The number of esters is 1. The highest BCUT2D eigenvalue weighted by atomic mass is 16.5. The summed E-state index contributed by atoms with van der Waals surface area (Å²) in [7, 11) is 1.31. The van der Waals surface area contributed by atoms with E-state index in [0.29, 0.717) is 11.1 Å². The summed E-state index contributed by atoms with van der Waals surface area (Å²) < 4.78 is 4.63. The summed E-state index contributed by atoms with van der Waals surface area (Å²) in [5, 5.41) is 0.820. The van der Waals surface area contributed by atoms with E-state index in [1.165, 1.54) is 14.0 Å². The van der Waals surface area contributed by atoms with Crippen molar-refractivity contribution in [3.8, 4) is 0 Å². The lowest BCUT2D eigenvalue weighted by Crippen LogP contribution is -2.04. The Hall–Kier alpha value is -2.10. The lowest BCUT2D eigenvalue weighted by Gasteiger charge is -2.03. The fraction of sp³-hybridized carbons (Fsp3) is 0.167. The van der Waals surface area contributed by atoms with Gasteiger partial charge in [-0.15, -0.1) is 0 Å². The highest BCUT2D eigenvalue weighted by molar-refractivity contribution is 6.09. The summed E-state index contributed by atoms with van der Waals surface area (Å²) in [5.74, 6) is -0.519. The lowest BCUT2D eigenvalue weighted by molar-refractivity contribution is 0.0601. The van der Waals surface area contributed by atoms with Crippen LogP contribution < -0.4 is 0 Å². The molecule has 16 heavy (non-hydrogen) atoms. The van der Waals surface area contributed by atoms with E-state index in [9.17, 15) is 9.59 Å². The van der Waals surface area contributed by atoms with Crippen molar-refractivity contribution in [2.24, 2.45) is 0 Å². The molecule has 4 nitrogen and oxygen atoms in total. The first-order valence-electron chi connectivity index (χ1n) is 4.84. The maximum atomic E-state index is 11.5. The number of fused-ring (bicyclic) bond motifs is 1. The topological polar surface area (TPSA) is 59.2 Å². The van der Waals surface area contributed by atoms with E-state index in [1.807, 2.05) is 6.07 Å². The van der Waals surface area contributed by atoms with Crippen molar-refractivity contribution in [1.29, 1.82) is 0 Å². The Morgan fingerprint density at radius 1 is 1.31 bits per heavy atom. The van der Waals surface area contributed by atoms with Gasteiger partial charge in [-0.25, -0.2) is 4.79 Å². The second-order valence-electron chi connectivity index (χ2n) is 3.51. The van der Waals surface area contributed by atoms with E-state index in [1.54, 1.807) is 18.3 Å². The number of ketones is 1. The zero-order chi connectivity index (χ0) is 11.7. The largest absolute Gasteiger partial charge is 0.465 e. The molecule has 0 aliphatic rings. The van der Waals surface area contributed by atoms with Gasteiger partial charge in [0.15, 0.2) is 5.78 Å². The molecule has 0 saturated heterocycles. The molecule has 0 aliphatic heterocycles. The van der Waals surface area contributed by atoms with Crippen molar-refractivity contribution in [1.82, 2.24) is 4.98 Å². The first kappa shape index (κ1) is 10.4. The van der Waals surface area contributed by atoms with Crippen molar-refractivity contribution in [3.05, 3.63) is 35.5 Å². The average Bonchev–Trinajstić information content (AvgIpc) is 2.74. The Bertz CT molecular complexity index is 569. The maximum Gasteiger partial charge on any atom is 0.337 e. The molecule has 1 heterocycles. The lowest BCUT2D eigenvalue weighted by atomic mass is 10.0. The molecule has 2 rings (SSSR count). The number of hydrogen-bond donors (Lipinski definition) is 1. The summed E-state index contributed by atoms with van der Waals surface area (Å²) in [6.07, 6.45) is 1.73.